The van der Waals surface area contributed by atoms with Gasteiger partial charge in [-0.1, -0.05) is 48.5 Å². The van der Waals surface area contributed by atoms with Crippen molar-refractivity contribution in [2.75, 3.05) is 67.2 Å². The third-order valence-electron chi connectivity index (χ3n) is 6.80. The third kappa shape index (κ3) is 4.90. The molecule has 0 saturated carbocycles. The van der Waals surface area contributed by atoms with Crippen LogP contribution in [0.4, 0.5) is 17.7 Å². The number of hydrogen-bond donors (Lipinski definition) is 1. The normalized spacial score (nSPS) is 16.2. The molecule has 2 saturated heterocycles. The fraction of sp³-hybridized carbons (Fsp3) is 0.286. The fourth-order valence-corrected chi connectivity index (χ4v) is 4.77. The molecule has 0 spiro atoms. The smallest absolute Gasteiger partial charge is 0.230 e. The molecule has 0 bridgehead atoms. The van der Waals surface area contributed by atoms with Gasteiger partial charge < -0.3 is 24.5 Å². The number of pyridine rings is 1. The number of hydrogen-bond acceptors (Lipinski definition) is 9. The first-order chi connectivity index (χ1) is 18.3. The molecule has 2 aromatic carbocycles. The number of phenolic OH excluding ortho intramolecular Hbond substituents is 1. The molecule has 9 heteroatoms. The Labute approximate surface area is 216 Å². The van der Waals surface area contributed by atoms with Crippen molar-refractivity contribution in [3.63, 3.8) is 0 Å². The van der Waals surface area contributed by atoms with E-state index in [1.165, 1.54) is 0 Å². The van der Waals surface area contributed by atoms with Crippen LogP contribution in [0.3, 0.4) is 0 Å². The minimum atomic E-state index is 0.166. The Morgan fingerprint density at radius 1 is 0.622 bits per heavy atom. The molecular formula is C28H29N7O2. The number of ether oxygens (including phenoxy) is 1. The summed E-state index contributed by atoms with van der Waals surface area (Å²) in [5, 5.41) is 11.3. The fourth-order valence-electron chi connectivity index (χ4n) is 4.77. The predicted molar refractivity (Wildman–Crippen MR) is 144 cm³/mol. The van der Waals surface area contributed by atoms with E-state index in [9.17, 15) is 5.11 Å². The summed E-state index contributed by atoms with van der Waals surface area (Å²) < 4.78 is 5.55. The van der Waals surface area contributed by atoms with E-state index >= 15 is 0 Å². The number of morpholine rings is 1. The number of para-hydroxylation sites is 1. The summed E-state index contributed by atoms with van der Waals surface area (Å²) in [4.78, 5) is 25.6. The van der Waals surface area contributed by atoms with Crippen molar-refractivity contribution < 1.29 is 9.84 Å². The van der Waals surface area contributed by atoms with Gasteiger partial charge in [0.2, 0.25) is 11.9 Å². The van der Waals surface area contributed by atoms with Crippen molar-refractivity contribution in [2.45, 2.75) is 0 Å². The lowest BCUT2D eigenvalue weighted by atomic mass is 10.0. The lowest BCUT2D eigenvalue weighted by Gasteiger charge is -2.36. The largest absolute Gasteiger partial charge is 0.507 e. The van der Waals surface area contributed by atoms with Crippen molar-refractivity contribution in [3.8, 4) is 28.3 Å². The molecule has 0 unspecified atom stereocenters. The quantitative estimate of drug-likeness (QED) is 0.447. The molecule has 0 amide bonds. The van der Waals surface area contributed by atoms with Gasteiger partial charge in [0.05, 0.1) is 18.8 Å². The highest BCUT2D eigenvalue weighted by Crippen LogP contribution is 2.37. The molecule has 0 radical (unpaired) electrons. The molecule has 37 heavy (non-hydrogen) atoms. The monoisotopic (exact) mass is 495 g/mol. The second-order valence-corrected chi connectivity index (χ2v) is 9.09. The molecule has 0 atom stereocenters. The molecule has 2 aliphatic rings. The number of phenols is 1. The van der Waals surface area contributed by atoms with Gasteiger partial charge in [-0.2, -0.15) is 15.0 Å². The van der Waals surface area contributed by atoms with Gasteiger partial charge in [0.15, 0.2) is 5.82 Å². The number of rotatable bonds is 5. The van der Waals surface area contributed by atoms with Crippen molar-refractivity contribution in [1.29, 1.82) is 0 Å². The van der Waals surface area contributed by atoms with E-state index in [2.05, 4.69) is 19.7 Å². The Morgan fingerprint density at radius 3 is 1.97 bits per heavy atom. The SMILES string of the molecule is Oc1c(-c2ccccc2)cccc1-c1nc(N2CCOCC2)nc(N2CCN(c3ccccn3)CC2)n1. The molecular weight excluding hydrogens is 466 g/mol. The molecule has 4 aromatic rings. The zero-order valence-electron chi connectivity index (χ0n) is 20.6. The van der Waals surface area contributed by atoms with Crippen molar-refractivity contribution >= 4 is 17.7 Å². The minimum Gasteiger partial charge on any atom is -0.507 e. The maximum absolute atomic E-state index is 11.3. The van der Waals surface area contributed by atoms with E-state index in [4.69, 9.17) is 19.7 Å². The summed E-state index contributed by atoms with van der Waals surface area (Å²) >= 11 is 0. The first kappa shape index (κ1) is 23.2. The standard InChI is InChI=1S/C28H29N7O2/c36-25-22(21-7-2-1-3-8-21)9-6-10-23(25)26-30-27(32-28(31-26)35-17-19-37-20-18-35)34-15-13-33(14-16-34)24-11-4-5-12-29-24/h1-12,36H,13-20H2. The van der Waals surface area contributed by atoms with Crippen LogP contribution in [0.5, 0.6) is 5.75 Å². The molecule has 2 aliphatic heterocycles. The highest BCUT2D eigenvalue weighted by molar-refractivity contribution is 5.80. The maximum atomic E-state index is 11.3. The predicted octanol–water partition coefficient (Wildman–Crippen LogP) is 3.47. The van der Waals surface area contributed by atoms with E-state index in [-0.39, 0.29) is 5.75 Å². The van der Waals surface area contributed by atoms with Gasteiger partial charge in [0.1, 0.15) is 11.6 Å². The second-order valence-electron chi connectivity index (χ2n) is 9.09. The molecule has 9 nitrogen and oxygen atoms in total. The molecule has 4 heterocycles. The van der Waals surface area contributed by atoms with Crippen LogP contribution in [0, 0.1) is 0 Å². The third-order valence-corrected chi connectivity index (χ3v) is 6.80. The minimum absolute atomic E-state index is 0.166. The van der Waals surface area contributed by atoms with Crippen LogP contribution < -0.4 is 14.7 Å². The van der Waals surface area contributed by atoms with Crippen LogP contribution >= 0.6 is 0 Å². The van der Waals surface area contributed by atoms with Crippen LogP contribution in [0.1, 0.15) is 0 Å². The zero-order chi connectivity index (χ0) is 25.0. The number of aromatic nitrogens is 4. The Balaban J connectivity index is 1.35. The first-order valence-electron chi connectivity index (χ1n) is 12.6. The molecule has 2 fully saturated rings. The highest BCUT2D eigenvalue weighted by Gasteiger charge is 2.24. The first-order valence-corrected chi connectivity index (χ1v) is 12.6. The zero-order valence-corrected chi connectivity index (χ0v) is 20.6. The topological polar surface area (TPSA) is 90.7 Å². The highest BCUT2D eigenvalue weighted by atomic mass is 16.5. The van der Waals surface area contributed by atoms with E-state index in [1.54, 1.807) is 0 Å². The number of piperazine rings is 1. The Morgan fingerprint density at radius 2 is 1.27 bits per heavy atom. The summed E-state index contributed by atoms with van der Waals surface area (Å²) in [7, 11) is 0. The van der Waals surface area contributed by atoms with Gasteiger partial charge in [-0.05, 0) is 23.8 Å². The summed E-state index contributed by atoms with van der Waals surface area (Å²) in [6, 6.07) is 21.5. The number of anilines is 3. The lowest BCUT2D eigenvalue weighted by Crippen LogP contribution is -2.47. The molecule has 188 valence electrons. The van der Waals surface area contributed by atoms with E-state index in [0.29, 0.717) is 49.6 Å². The van der Waals surface area contributed by atoms with Gasteiger partial charge in [-0.25, -0.2) is 4.98 Å². The number of aromatic hydroxyl groups is 1. The van der Waals surface area contributed by atoms with Crippen LogP contribution in [-0.2, 0) is 4.74 Å². The summed E-state index contributed by atoms with van der Waals surface area (Å²) in [6.07, 6.45) is 1.82. The lowest BCUT2D eigenvalue weighted by molar-refractivity contribution is 0.122. The molecule has 0 aliphatic carbocycles. The van der Waals surface area contributed by atoms with Gasteiger partial charge in [0.25, 0.3) is 0 Å². The number of benzene rings is 2. The van der Waals surface area contributed by atoms with E-state index < -0.39 is 0 Å². The van der Waals surface area contributed by atoms with E-state index in [1.807, 2.05) is 72.9 Å². The Kier molecular flexibility index (Phi) is 6.51. The summed E-state index contributed by atoms with van der Waals surface area (Å²) in [5.74, 6) is 2.85. The Hall–Kier alpha value is -4.24. The van der Waals surface area contributed by atoms with Gasteiger partial charge in [-0.3, -0.25) is 0 Å². The van der Waals surface area contributed by atoms with Crippen molar-refractivity contribution in [3.05, 3.63) is 72.9 Å². The van der Waals surface area contributed by atoms with E-state index in [0.717, 1.165) is 43.1 Å². The van der Waals surface area contributed by atoms with Gasteiger partial charge in [0, 0.05) is 51.0 Å². The molecule has 1 N–H and O–H groups in total. The van der Waals surface area contributed by atoms with Gasteiger partial charge >= 0.3 is 0 Å². The van der Waals surface area contributed by atoms with Crippen LogP contribution in [0.2, 0.25) is 0 Å². The molecule has 2 aromatic heterocycles. The maximum Gasteiger partial charge on any atom is 0.230 e. The van der Waals surface area contributed by atoms with Crippen molar-refractivity contribution in [2.24, 2.45) is 0 Å². The average Bonchev–Trinajstić information content (AvgIpc) is 2.98. The number of nitrogens with zero attached hydrogens (tertiary/aromatic N) is 7. The summed E-state index contributed by atoms with van der Waals surface area (Å²) in [6.45, 7) is 5.86. The van der Waals surface area contributed by atoms with Crippen LogP contribution in [0.15, 0.2) is 72.9 Å². The Bertz CT molecular complexity index is 1340. The summed E-state index contributed by atoms with van der Waals surface area (Å²) in [5.41, 5.74) is 2.28. The second kappa shape index (κ2) is 10.4. The van der Waals surface area contributed by atoms with Crippen LogP contribution in [0.25, 0.3) is 22.5 Å². The average molecular weight is 496 g/mol. The van der Waals surface area contributed by atoms with Gasteiger partial charge in [-0.15, -0.1) is 0 Å². The molecule has 6 rings (SSSR count). The van der Waals surface area contributed by atoms with Crippen LogP contribution in [-0.4, -0.2) is 77.5 Å². The van der Waals surface area contributed by atoms with Crippen molar-refractivity contribution in [1.82, 2.24) is 19.9 Å².